The van der Waals surface area contributed by atoms with Crippen molar-refractivity contribution in [2.75, 3.05) is 12.4 Å². The minimum absolute atomic E-state index is 0.887. The van der Waals surface area contributed by atoms with Crippen LogP contribution in [0.1, 0.15) is 11.1 Å². The van der Waals surface area contributed by atoms with Gasteiger partial charge in [-0.2, -0.15) is 0 Å². The fraction of sp³-hybridized carbons (Fsp3) is 0.273. The number of nitrogens with zero attached hydrogens (tertiary/aromatic N) is 2. The fourth-order valence-corrected chi connectivity index (χ4v) is 1.57. The summed E-state index contributed by atoms with van der Waals surface area (Å²) in [6.07, 6.45) is 1.60. The molecule has 0 unspecified atom stereocenters. The van der Waals surface area contributed by atoms with Gasteiger partial charge in [0.15, 0.2) is 0 Å². The lowest BCUT2D eigenvalue weighted by molar-refractivity contribution is 1.19. The monoisotopic (exact) mass is 187 g/mol. The zero-order chi connectivity index (χ0) is 10.1. The van der Waals surface area contributed by atoms with Crippen LogP contribution in [0.25, 0.3) is 10.9 Å². The average Bonchev–Trinajstić information content (AvgIpc) is 2.23. The Morgan fingerprint density at radius 3 is 2.64 bits per heavy atom. The summed E-state index contributed by atoms with van der Waals surface area (Å²) in [5.41, 5.74) is 3.52. The molecule has 1 heterocycles. The zero-order valence-corrected chi connectivity index (χ0v) is 8.63. The van der Waals surface area contributed by atoms with Crippen molar-refractivity contribution in [1.82, 2.24) is 9.97 Å². The normalized spacial score (nSPS) is 10.5. The van der Waals surface area contributed by atoms with Gasteiger partial charge in [-0.25, -0.2) is 9.97 Å². The largest absolute Gasteiger partial charge is 0.373 e. The molecule has 1 aromatic carbocycles. The first kappa shape index (κ1) is 8.94. The number of anilines is 1. The molecule has 3 heteroatoms. The molecule has 0 amide bonds. The first-order valence-corrected chi connectivity index (χ1v) is 4.62. The zero-order valence-electron chi connectivity index (χ0n) is 8.63. The van der Waals surface area contributed by atoms with Gasteiger partial charge >= 0.3 is 0 Å². The molecule has 2 rings (SSSR count). The summed E-state index contributed by atoms with van der Waals surface area (Å²) < 4.78 is 0. The fourth-order valence-electron chi connectivity index (χ4n) is 1.57. The molecule has 1 N–H and O–H groups in total. The molecule has 3 nitrogen and oxygen atoms in total. The van der Waals surface area contributed by atoms with Crippen LogP contribution in [0.5, 0.6) is 0 Å². The number of benzene rings is 1. The van der Waals surface area contributed by atoms with E-state index in [1.807, 2.05) is 7.05 Å². The highest BCUT2D eigenvalue weighted by Gasteiger charge is 2.05. The number of aryl methyl sites for hydroxylation is 2. The minimum atomic E-state index is 0.887. The third kappa shape index (κ3) is 1.21. The van der Waals surface area contributed by atoms with Crippen molar-refractivity contribution in [3.63, 3.8) is 0 Å². The van der Waals surface area contributed by atoms with Gasteiger partial charge in [0.25, 0.3) is 0 Å². The molecule has 1 aromatic heterocycles. The number of fused-ring (bicyclic) bond motifs is 1. The highest BCUT2D eigenvalue weighted by atomic mass is 15.0. The van der Waals surface area contributed by atoms with E-state index in [1.165, 1.54) is 11.1 Å². The standard InChI is InChI=1S/C11H13N3/c1-7-4-5-9-10(8(7)2)13-6-14-11(9)12-3/h4-6H,1-3H3,(H,12,13,14). The number of aromatic nitrogens is 2. The lowest BCUT2D eigenvalue weighted by Gasteiger charge is -2.07. The van der Waals surface area contributed by atoms with Crippen LogP contribution in [-0.4, -0.2) is 17.0 Å². The van der Waals surface area contributed by atoms with Crippen LogP contribution in [0.4, 0.5) is 5.82 Å². The molecular weight excluding hydrogens is 174 g/mol. The second-order valence-electron chi connectivity index (χ2n) is 3.38. The van der Waals surface area contributed by atoms with E-state index >= 15 is 0 Å². The minimum Gasteiger partial charge on any atom is -0.373 e. The highest BCUT2D eigenvalue weighted by Crippen LogP contribution is 2.23. The van der Waals surface area contributed by atoms with Crippen LogP contribution < -0.4 is 5.32 Å². The van der Waals surface area contributed by atoms with Gasteiger partial charge in [-0.05, 0) is 31.0 Å². The van der Waals surface area contributed by atoms with E-state index < -0.39 is 0 Å². The van der Waals surface area contributed by atoms with Crippen molar-refractivity contribution in [1.29, 1.82) is 0 Å². The Hall–Kier alpha value is -1.64. The highest BCUT2D eigenvalue weighted by molar-refractivity contribution is 5.91. The van der Waals surface area contributed by atoms with Crippen LogP contribution in [0.2, 0.25) is 0 Å². The lowest BCUT2D eigenvalue weighted by Crippen LogP contribution is -1.96. The van der Waals surface area contributed by atoms with Gasteiger partial charge in [-0.15, -0.1) is 0 Å². The number of hydrogen-bond donors (Lipinski definition) is 1. The molecule has 0 radical (unpaired) electrons. The molecule has 14 heavy (non-hydrogen) atoms. The maximum Gasteiger partial charge on any atom is 0.137 e. The van der Waals surface area contributed by atoms with Gasteiger partial charge in [-0.3, -0.25) is 0 Å². The number of nitrogens with one attached hydrogen (secondary N) is 1. The molecule has 0 aliphatic heterocycles. The Labute approximate surface area is 83.2 Å². The third-order valence-electron chi connectivity index (χ3n) is 2.57. The number of hydrogen-bond acceptors (Lipinski definition) is 3. The van der Waals surface area contributed by atoms with Crippen molar-refractivity contribution >= 4 is 16.7 Å². The van der Waals surface area contributed by atoms with E-state index in [0.717, 1.165) is 16.7 Å². The number of rotatable bonds is 1. The quantitative estimate of drug-likeness (QED) is 0.744. The van der Waals surface area contributed by atoms with Crippen molar-refractivity contribution < 1.29 is 0 Å². The summed E-state index contributed by atoms with van der Waals surface area (Å²) in [5, 5.41) is 4.15. The predicted octanol–water partition coefficient (Wildman–Crippen LogP) is 2.29. The van der Waals surface area contributed by atoms with Crippen molar-refractivity contribution in [2.45, 2.75) is 13.8 Å². The molecule has 0 atom stereocenters. The summed E-state index contributed by atoms with van der Waals surface area (Å²) in [7, 11) is 1.87. The topological polar surface area (TPSA) is 37.8 Å². The second-order valence-corrected chi connectivity index (χ2v) is 3.38. The third-order valence-corrected chi connectivity index (χ3v) is 2.57. The van der Waals surface area contributed by atoms with Gasteiger partial charge < -0.3 is 5.32 Å². The maximum absolute atomic E-state index is 4.30. The van der Waals surface area contributed by atoms with Crippen LogP contribution in [0, 0.1) is 13.8 Å². The maximum atomic E-state index is 4.30. The Balaban J connectivity index is 2.86. The van der Waals surface area contributed by atoms with Gasteiger partial charge in [0.1, 0.15) is 12.1 Å². The molecule has 2 aromatic rings. The molecule has 0 saturated heterocycles. The molecule has 0 saturated carbocycles. The molecule has 72 valence electrons. The summed E-state index contributed by atoms with van der Waals surface area (Å²) in [5.74, 6) is 0.887. The first-order chi connectivity index (χ1) is 6.74. The lowest BCUT2D eigenvalue weighted by atomic mass is 10.1. The first-order valence-electron chi connectivity index (χ1n) is 4.62. The van der Waals surface area contributed by atoms with Crippen LogP contribution >= 0.6 is 0 Å². The van der Waals surface area contributed by atoms with Crippen LogP contribution in [0.3, 0.4) is 0 Å². The summed E-state index contributed by atoms with van der Waals surface area (Å²) in [4.78, 5) is 8.47. The molecule has 0 fully saturated rings. The van der Waals surface area contributed by atoms with Gasteiger partial charge in [0.05, 0.1) is 5.52 Å². The molecular formula is C11H13N3. The van der Waals surface area contributed by atoms with Crippen molar-refractivity contribution in [3.05, 3.63) is 29.6 Å². The van der Waals surface area contributed by atoms with Gasteiger partial charge in [0.2, 0.25) is 0 Å². The van der Waals surface area contributed by atoms with Gasteiger partial charge in [0, 0.05) is 12.4 Å². The average molecular weight is 187 g/mol. The van der Waals surface area contributed by atoms with Crippen LogP contribution in [-0.2, 0) is 0 Å². The van der Waals surface area contributed by atoms with Crippen molar-refractivity contribution in [3.8, 4) is 0 Å². The Morgan fingerprint density at radius 1 is 1.14 bits per heavy atom. The van der Waals surface area contributed by atoms with Gasteiger partial charge in [-0.1, -0.05) is 6.07 Å². The van der Waals surface area contributed by atoms with E-state index in [1.54, 1.807) is 6.33 Å². The summed E-state index contributed by atoms with van der Waals surface area (Å²) in [6.45, 7) is 4.18. The molecule has 0 aliphatic carbocycles. The Morgan fingerprint density at radius 2 is 1.93 bits per heavy atom. The van der Waals surface area contributed by atoms with E-state index in [9.17, 15) is 0 Å². The molecule has 0 bridgehead atoms. The summed E-state index contributed by atoms with van der Waals surface area (Å²) >= 11 is 0. The molecule has 0 aliphatic rings. The van der Waals surface area contributed by atoms with E-state index in [4.69, 9.17) is 0 Å². The van der Waals surface area contributed by atoms with Crippen LogP contribution in [0.15, 0.2) is 18.5 Å². The van der Waals surface area contributed by atoms with E-state index in [2.05, 4.69) is 41.3 Å². The van der Waals surface area contributed by atoms with Crippen molar-refractivity contribution in [2.24, 2.45) is 0 Å². The van der Waals surface area contributed by atoms with E-state index in [-0.39, 0.29) is 0 Å². The molecule has 0 spiro atoms. The SMILES string of the molecule is CNc1ncnc2c(C)c(C)ccc12. The summed E-state index contributed by atoms with van der Waals surface area (Å²) in [6, 6.07) is 4.16. The smallest absolute Gasteiger partial charge is 0.137 e. The Kier molecular flexibility index (Phi) is 2.08. The second kappa shape index (κ2) is 3.25. The van der Waals surface area contributed by atoms with E-state index in [0.29, 0.717) is 0 Å². The predicted molar refractivity (Wildman–Crippen MR) is 58.6 cm³/mol. The Bertz CT molecular complexity index is 477.